The second-order valence-corrected chi connectivity index (χ2v) is 6.00. The molecular formula is C13H17NS. The Labute approximate surface area is 95.6 Å². The van der Waals surface area contributed by atoms with Gasteiger partial charge in [-0.2, -0.15) is 0 Å². The summed E-state index contributed by atoms with van der Waals surface area (Å²) in [7, 11) is 0. The minimum absolute atomic E-state index is 0.765. The van der Waals surface area contributed by atoms with E-state index in [0.717, 1.165) is 11.2 Å². The second kappa shape index (κ2) is 4.18. The van der Waals surface area contributed by atoms with Gasteiger partial charge in [-0.25, -0.2) is 0 Å². The van der Waals surface area contributed by atoms with Crippen molar-refractivity contribution in [1.82, 2.24) is 5.32 Å². The first-order chi connectivity index (χ1) is 7.42. The maximum atomic E-state index is 3.60. The van der Waals surface area contributed by atoms with Crippen LogP contribution in [0.3, 0.4) is 0 Å². The summed E-state index contributed by atoms with van der Waals surface area (Å²) in [6.07, 6.45) is 4.15. The number of hydrogen-bond acceptors (Lipinski definition) is 2. The van der Waals surface area contributed by atoms with Crippen LogP contribution in [0, 0.1) is 5.92 Å². The molecule has 0 spiro atoms. The monoisotopic (exact) mass is 219 g/mol. The minimum atomic E-state index is 0.765. The molecule has 2 heteroatoms. The second-order valence-electron chi connectivity index (χ2n) is 4.65. The van der Waals surface area contributed by atoms with Gasteiger partial charge in [0, 0.05) is 16.7 Å². The summed E-state index contributed by atoms with van der Waals surface area (Å²) >= 11 is 2.05. The summed E-state index contributed by atoms with van der Waals surface area (Å²) < 4.78 is 0. The molecule has 1 fully saturated rings. The zero-order valence-electron chi connectivity index (χ0n) is 8.91. The Balaban J connectivity index is 1.50. The molecular weight excluding hydrogens is 202 g/mol. The normalized spacial score (nSPS) is 24.1. The van der Waals surface area contributed by atoms with E-state index in [2.05, 4.69) is 29.6 Å². The van der Waals surface area contributed by atoms with Crippen LogP contribution < -0.4 is 5.32 Å². The molecule has 1 N–H and O–H groups in total. The van der Waals surface area contributed by atoms with Gasteiger partial charge in [0.1, 0.15) is 0 Å². The van der Waals surface area contributed by atoms with E-state index in [0.29, 0.717) is 0 Å². The Morgan fingerprint density at radius 1 is 1.20 bits per heavy atom. The van der Waals surface area contributed by atoms with Crippen LogP contribution >= 0.6 is 11.8 Å². The zero-order valence-corrected chi connectivity index (χ0v) is 9.72. The van der Waals surface area contributed by atoms with E-state index in [4.69, 9.17) is 0 Å². The van der Waals surface area contributed by atoms with Crippen LogP contribution in [0.15, 0.2) is 29.2 Å². The quantitative estimate of drug-likeness (QED) is 0.835. The molecule has 1 aromatic rings. The lowest BCUT2D eigenvalue weighted by Crippen LogP contribution is -2.26. The summed E-state index contributed by atoms with van der Waals surface area (Å²) in [5.74, 6) is 0.999. The first-order valence-electron chi connectivity index (χ1n) is 5.87. The average molecular weight is 219 g/mol. The number of nitrogens with one attached hydrogen (secondary N) is 1. The fourth-order valence-electron chi connectivity index (χ4n) is 2.14. The standard InChI is InChI=1S/C13H17NS/c1-2-4-13-11(3-1)7-12(15-13)9-14-8-10-5-6-10/h1-4,10,12,14H,5-9H2. The predicted octanol–water partition coefficient (Wildman–Crippen LogP) is 2.70. The average Bonchev–Trinajstić information content (AvgIpc) is 2.97. The van der Waals surface area contributed by atoms with Crippen molar-refractivity contribution in [2.75, 3.05) is 13.1 Å². The molecule has 1 heterocycles. The summed E-state index contributed by atoms with van der Waals surface area (Å²) in [6, 6.07) is 8.81. The van der Waals surface area contributed by atoms with E-state index in [9.17, 15) is 0 Å². The van der Waals surface area contributed by atoms with E-state index in [1.807, 2.05) is 11.8 Å². The maximum absolute atomic E-state index is 3.60. The molecule has 1 unspecified atom stereocenters. The van der Waals surface area contributed by atoms with Crippen LogP contribution in [0.1, 0.15) is 18.4 Å². The highest BCUT2D eigenvalue weighted by molar-refractivity contribution is 8.00. The van der Waals surface area contributed by atoms with Crippen LogP contribution in [-0.2, 0) is 6.42 Å². The fraction of sp³-hybridized carbons (Fsp3) is 0.538. The summed E-state index contributed by atoms with van der Waals surface area (Å²) in [5.41, 5.74) is 1.54. The molecule has 1 aromatic carbocycles. The third-order valence-electron chi connectivity index (χ3n) is 3.22. The van der Waals surface area contributed by atoms with Gasteiger partial charge in [0.05, 0.1) is 0 Å². The Morgan fingerprint density at radius 3 is 2.87 bits per heavy atom. The number of thioether (sulfide) groups is 1. The van der Waals surface area contributed by atoms with Crippen LogP contribution in [0.2, 0.25) is 0 Å². The zero-order chi connectivity index (χ0) is 10.1. The van der Waals surface area contributed by atoms with E-state index >= 15 is 0 Å². The summed E-state index contributed by atoms with van der Waals surface area (Å²) in [5, 5.41) is 4.37. The molecule has 1 atom stereocenters. The van der Waals surface area contributed by atoms with Crippen molar-refractivity contribution in [2.45, 2.75) is 29.4 Å². The molecule has 2 aliphatic rings. The molecule has 0 aromatic heterocycles. The highest BCUT2D eigenvalue weighted by Gasteiger charge is 2.23. The number of benzene rings is 1. The number of fused-ring (bicyclic) bond motifs is 1. The Hall–Kier alpha value is -0.470. The lowest BCUT2D eigenvalue weighted by atomic mass is 10.1. The Morgan fingerprint density at radius 2 is 2.07 bits per heavy atom. The van der Waals surface area contributed by atoms with Gasteiger partial charge in [-0.1, -0.05) is 18.2 Å². The fourth-order valence-corrected chi connectivity index (χ4v) is 3.42. The SMILES string of the molecule is c1ccc2c(c1)CC(CNCC1CC1)S2. The van der Waals surface area contributed by atoms with Crippen LogP contribution in [0.25, 0.3) is 0 Å². The molecule has 0 amide bonds. The van der Waals surface area contributed by atoms with Gasteiger partial charge in [0.2, 0.25) is 0 Å². The van der Waals surface area contributed by atoms with Crippen molar-refractivity contribution in [1.29, 1.82) is 0 Å². The lowest BCUT2D eigenvalue weighted by Gasteiger charge is -2.09. The van der Waals surface area contributed by atoms with Crippen molar-refractivity contribution >= 4 is 11.8 Å². The number of rotatable bonds is 4. The smallest absolute Gasteiger partial charge is 0.0260 e. The highest BCUT2D eigenvalue weighted by atomic mass is 32.2. The number of hydrogen-bond donors (Lipinski definition) is 1. The van der Waals surface area contributed by atoms with Crippen LogP contribution in [0.5, 0.6) is 0 Å². The Bertz CT molecular complexity index is 321. The molecule has 0 radical (unpaired) electrons. The molecule has 1 saturated carbocycles. The molecule has 0 bridgehead atoms. The van der Waals surface area contributed by atoms with Gasteiger partial charge in [0.25, 0.3) is 0 Å². The molecule has 0 saturated heterocycles. The van der Waals surface area contributed by atoms with E-state index in [1.54, 1.807) is 5.56 Å². The highest BCUT2D eigenvalue weighted by Crippen LogP contribution is 2.36. The lowest BCUT2D eigenvalue weighted by molar-refractivity contribution is 0.624. The van der Waals surface area contributed by atoms with Gasteiger partial charge in [-0.05, 0) is 43.4 Å². The molecule has 1 nitrogen and oxygen atoms in total. The van der Waals surface area contributed by atoms with E-state index in [1.165, 1.54) is 37.2 Å². The van der Waals surface area contributed by atoms with Crippen LogP contribution in [0.4, 0.5) is 0 Å². The molecule has 3 rings (SSSR count). The van der Waals surface area contributed by atoms with Gasteiger partial charge >= 0.3 is 0 Å². The third-order valence-corrected chi connectivity index (χ3v) is 4.53. The van der Waals surface area contributed by atoms with Crippen molar-refractivity contribution in [2.24, 2.45) is 5.92 Å². The first kappa shape index (κ1) is 9.73. The predicted molar refractivity (Wildman–Crippen MR) is 65.4 cm³/mol. The first-order valence-corrected chi connectivity index (χ1v) is 6.75. The summed E-state index contributed by atoms with van der Waals surface area (Å²) in [6.45, 7) is 2.42. The third kappa shape index (κ3) is 2.37. The van der Waals surface area contributed by atoms with Crippen molar-refractivity contribution in [3.63, 3.8) is 0 Å². The van der Waals surface area contributed by atoms with Gasteiger partial charge in [-0.3, -0.25) is 0 Å². The maximum Gasteiger partial charge on any atom is 0.0260 e. The largest absolute Gasteiger partial charge is 0.315 e. The molecule has 15 heavy (non-hydrogen) atoms. The van der Waals surface area contributed by atoms with Gasteiger partial charge in [0.15, 0.2) is 0 Å². The van der Waals surface area contributed by atoms with Crippen LogP contribution in [-0.4, -0.2) is 18.3 Å². The molecule has 1 aliphatic carbocycles. The molecule has 1 aliphatic heterocycles. The van der Waals surface area contributed by atoms with Gasteiger partial charge in [-0.15, -0.1) is 11.8 Å². The van der Waals surface area contributed by atoms with Crippen molar-refractivity contribution in [3.05, 3.63) is 29.8 Å². The minimum Gasteiger partial charge on any atom is -0.315 e. The van der Waals surface area contributed by atoms with E-state index < -0.39 is 0 Å². The van der Waals surface area contributed by atoms with E-state index in [-0.39, 0.29) is 0 Å². The van der Waals surface area contributed by atoms with Crippen molar-refractivity contribution in [3.8, 4) is 0 Å². The summed E-state index contributed by atoms with van der Waals surface area (Å²) in [4.78, 5) is 1.50. The molecule has 80 valence electrons. The topological polar surface area (TPSA) is 12.0 Å². The Kier molecular flexibility index (Phi) is 2.72. The van der Waals surface area contributed by atoms with Gasteiger partial charge < -0.3 is 5.32 Å². The van der Waals surface area contributed by atoms with Crippen molar-refractivity contribution < 1.29 is 0 Å².